The smallest absolute Gasteiger partial charge is 0.334 e. The van der Waals surface area contributed by atoms with Gasteiger partial charge in [-0.05, 0) is 13.0 Å². The van der Waals surface area contributed by atoms with Crippen LogP contribution in [0, 0.1) is 0 Å². The molecule has 3 rings (SSSR count). The van der Waals surface area contributed by atoms with Gasteiger partial charge in [-0.15, -0.1) is 11.8 Å². The number of oxime groups is 1. The van der Waals surface area contributed by atoms with E-state index in [1.165, 1.54) is 42.2 Å². The highest BCUT2D eigenvalue weighted by atomic mass is 32.2. The fourth-order valence-corrected chi connectivity index (χ4v) is 4.00. The largest absolute Gasteiger partial charge is 0.478 e. The predicted molar refractivity (Wildman–Crippen MR) is 95.3 cm³/mol. The molecule has 2 aliphatic rings. The Morgan fingerprint density at radius 3 is 2.85 bits per heavy atom. The molecule has 0 spiro atoms. The van der Waals surface area contributed by atoms with Crippen LogP contribution in [0.25, 0.3) is 0 Å². The number of thioether (sulfide) groups is 1. The van der Waals surface area contributed by atoms with Crippen molar-refractivity contribution in [2.45, 2.75) is 23.6 Å². The zero-order valence-corrected chi connectivity index (χ0v) is 15.1. The number of β-lactam (4-membered cyclic amide) rings is 1. The number of fused-ring (bicyclic) bond motifs is 1. The highest BCUT2D eigenvalue weighted by molar-refractivity contribution is 8.00. The van der Waals surface area contributed by atoms with E-state index in [-0.39, 0.29) is 28.2 Å². The molecule has 0 radical (unpaired) electrons. The molecule has 27 heavy (non-hydrogen) atoms. The molecule has 142 valence electrons. The average molecular weight is 392 g/mol. The summed E-state index contributed by atoms with van der Waals surface area (Å²) in [4.78, 5) is 49.9. The molecule has 4 N–H and O–H groups in total. The maximum absolute atomic E-state index is 12.6. The lowest BCUT2D eigenvalue weighted by Gasteiger charge is -2.48. The molecule has 3 heterocycles. The van der Waals surface area contributed by atoms with E-state index in [9.17, 15) is 19.5 Å². The number of aromatic nitrogens is 2. The van der Waals surface area contributed by atoms with Crippen molar-refractivity contribution in [2.75, 3.05) is 12.8 Å². The lowest BCUT2D eigenvalue weighted by atomic mass is 10.1. The summed E-state index contributed by atoms with van der Waals surface area (Å²) in [6, 6.07) is 0.616. The summed E-state index contributed by atoms with van der Waals surface area (Å²) in [5.41, 5.74) is 5.50. The molecule has 1 aromatic rings. The normalized spacial score (nSPS) is 24.4. The number of carbonyl (C=O) groups excluding carboxylic acids is 2. The van der Waals surface area contributed by atoms with Crippen molar-refractivity contribution in [2.24, 2.45) is 5.16 Å². The Kier molecular flexibility index (Phi) is 4.99. The monoisotopic (exact) mass is 392 g/mol. The van der Waals surface area contributed by atoms with Gasteiger partial charge >= 0.3 is 5.97 Å². The predicted octanol–water partition coefficient (Wildman–Crippen LogP) is -0.834. The van der Waals surface area contributed by atoms with E-state index in [0.29, 0.717) is 0 Å². The fourth-order valence-electron chi connectivity index (χ4n) is 2.64. The van der Waals surface area contributed by atoms with Crippen molar-refractivity contribution >= 4 is 41.1 Å². The first-order chi connectivity index (χ1) is 12.8. The van der Waals surface area contributed by atoms with E-state index < -0.39 is 29.2 Å². The third-order valence-electron chi connectivity index (χ3n) is 3.96. The summed E-state index contributed by atoms with van der Waals surface area (Å²) in [6.07, 6.45) is 2.67. The Morgan fingerprint density at radius 1 is 1.48 bits per heavy atom. The minimum absolute atomic E-state index is 0.0456. The maximum Gasteiger partial charge on any atom is 0.334 e. The van der Waals surface area contributed by atoms with Crippen LogP contribution in [0.5, 0.6) is 0 Å². The van der Waals surface area contributed by atoms with Gasteiger partial charge in [0.2, 0.25) is 5.71 Å². The lowest BCUT2D eigenvalue weighted by Crippen LogP contribution is -2.69. The van der Waals surface area contributed by atoms with E-state index >= 15 is 0 Å². The number of nitrogens with zero attached hydrogens (tertiary/aromatic N) is 4. The van der Waals surface area contributed by atoms with Crippen molar-refractivity contribution in [1.29, 1.82) is 0 Å². The van der Waals surface area contributed by atoms with Gasteiger partial charge in [0.15, 0.2) is 5.82 Å². The molecule has 1 fully saturated rings. The maximum atomic E-state index is 12.6. The molecule has 1 saturated heterocycles. The number of nitrogen functional groups attached to an aromatic ring is 1. The number of carboxylic acids is 1. The zero-order chi connectivity index (χ0) is 19.7. The minimum atomic E-state index is -1.08. The Labute approximate surface area is 157 Å². The van der Waals surface area contributed by atoms with Gasteiger partial charge in [0.1, 0.15) is 24.3 Å². The first-order valence-electron chi connectivity index (χ1n) is 7.77. The fraction of sp³-hybridized carbons (Fsp3) is 0.333. The molecule has 0 saturated carbocycles. The lowest BCUT2D eigenvalue weighted by molar-refractivity contribution is -0.144. The van der Waals surface area contributed by atoms with E-state index in [1.54, 1.807) is 6.92 Å². The molecule has 2 amide bonds. The Bertz CT molecular complexity index is 872. The van der Waals surface area contributed by atoms with Gasteiger partial charge in [-0.3, -0.25) is 9.59 Å². The van der Waals surface area contributed by atoms with Crippen LogP contribution >= 0.6 is 11.8 Å². The SMILES string of the molecule is CON=C(C(=O)NC1C(=O)N2C=C(C(=O)O)C(C)S[C@H]12)c1nccc(N)n1. The molecular weight excluding hydrogens is 376 g/mol. The van der Waals surface area contributed by atoms with Gasteiger partial charge in [-0.1, -0.05) is 5.16 Å². The Hall–Kier alpha value is -3.15. The first-order valence-corrected chi connectivity index (χ1v) is 8.71. The van der Waals surface area contributed by atoms with Crippen LogP contribution in [0.2, 0.25) is 0 Å². The second-order valence-corrected chi connectivity index (χ2v) is 7.14. The van der Waals surface area contributed by atoms with Crippen LogP contribution in [0.15, 0.2) is 29.2 Å². The summed E-state index contributed by atoms with van der Waals surface area (Å²) in [5.74, 6) is -2.11. The van der Waals surface area contributed by atoms with Gasteiger partial charge in [0, 0.05) is 17.6 Å². The quantitative estimate of drug-likeness (QED) is 0.330. The van der Waals surface area contributed by atoms with Crippen molar-refractivity contribution in [3.63, 3.8) is 0 Å². The summed E-state index contributed by atoms with van der Waals surface area (Å²) >= 11 is 1.27. The number of anilines is 1. The van der Waals surface area contributed by atoms with Crippen LogP contribution < -0.4 is 11.1 Å². The number of aliphatic carboxylic acids is 1. The first kappa shape index (κ1) is 18.6. The Balaban J connectivity index is 1.77. The molecule has 2 unspecified atom stereocenters. The number of nitrogens with one attached hydrogen (secondary N) is 1. The minimum Gasteiger partial charge on any atom is -0.478 e. The van der Waals surface area contributed by atoms with Gasteiger partial charge < -0.3 is 25.9 Å². The molecule has 3 atom stereocenters. The number of hydrogen-bond donors (Lipinski definition) is 3. The number of hydrogen-bond acceptors (Lipinski definition) is 9. The standard InChI is InChI=1S/C15H16N6O5S/c1-6-7(15(24)25)5-21-13(23)10(14(21)27-6)19-12(22)9(20-26-2)11-17-4-3-8(16)18-11/h3-6,10,14H,1-2H3,(H,19,22)(H,24,25)(H2,16,17,18)/t6?,10?,14-/m1/s1. The van der Waals surface area contributed by atoms with Crippen molar-refractivity contribution < 1.29 is 24.3 Å². The molecule has 11 nitrogen and oxygen atoms in total. The van der Waals surface area contributed by atoms with Crippen LogP contribution in [-0.4, -0.2) is 67.2 Å². The van der Waals surface area contributed by atoms with Crippen molar-refractivity contribution in [3.05, 3.63) is 29.9 Å². The molecule has 1 aromatic heterocycles. The van der Waals surface area contributed by atoms with Gasteiger partial charge in [-0.2, -0.15) is 0 Å². The second-order valence-electron chi connectivity index (χ2n) is 5.68. The number of amides is 2. The number of carboxylic acid groups (broad SMARTS) is 1. The molecule has 0 bridgehead atoms. The third-order valence-corrected chi connectivity index (χ3v) is 5.40. The number of carbonyl (C=O) groups is 3. The topological polar surface area (TPSA) is 160 Å². The molecular formula is C15H16N6O5S. The molecule has 2 aliphatic heterocycles. The average Bonchev–Trinajstić information content (AvgIpc) is 2.63. The van der Waals surface area contributed by atoms with Crippen molar-refractivity contribution in [1.82, 2.24) is 20.2 Å². The second kappa shape index (κ2) is 7.23. The van der Waals surface area contributed by atoms with E-state index in [1.807, 2.05) is 0 Å². The summed E-state index contributed by atoms with van der Waals surface area (Å²) in [5, 5.41) is 14.6. The van der Waals surface area contributed by atoms with Crippen LogP contribution in [0.1, 0.15) is 12.7 Å². The summed E-state index contributed by atoms with van der Waals surface area (Å²) < 4.78 is 0. The molecule has 0 aliphatic carbocycles. The van der Waals surface area contributed by atoms with Crippen LogP contribution in [-0.2, 0) is 19.2 Å². The van der Waals surface area contributed by atoms with Crippen LogP contribution in [0.4, 0.5) is 5.82 Å². The number of rotatable bonds is 5. The van der Waals surface area contributed by atoms with E-state index in [4.69, 9.17) is 5.73 Å². The van der Waals surface area contributed by atoms with Gasteiger partial charge in [-0.25, -0.2) is 14.8 Å². The zero-order valence-electron chi connectivity index (χ0n) is 14.3. The Morgan fingerprint density at radius 2 is 2.22 bits per heavy atom. The summed E-state index contributed by atoms with van der Waals surface area (Å²) in [7, 11) is 1.26. The van der Waals surface area contributed by atoms with E-state index in [0.717, 1.165) is 0 Å². The highest BCUT2D eigenvalue weighted by Gasteiger charge is 2.52. The van der Waals surface area contributed by atoms with Crippen LogP contribution in [0.3, 0.4) is 0 Å². The summed E-state index contributed by atoms with van der Waals surface area (Å²) in [6.45, 7) is 1.72. The number of nitrogens with two attached hydrogens (primary N) is 1. The van der Waals surface area contributed by atoms with E-state index in [2.05, 4.69) is 25.3 Å². The molecule has 12 heteroatoms. The van der Waals surface area contributed by atoms with Gasteiger partial charge in [0.25, 0.3) is 11.8 Å². The van der Waals surface area contributed by atoms with Crippen molar-refractivity contribution in [3.8, 4) is 0 Å². The molecule has 0 aromatic carbocycles. The van der Waals surface area contributed by atoms with Gasteiger partial charge in [0.05, 0.1) is 5.57 Å². The highest BCUT2D eigenvalue weighted by Crippen LogP contribution is 2.40. The third kappa shape index (κ3) is 3.43.